The lowest BCUT2D eigenvalue weighted by atomic mass is 10.2. The molecule has 7 heteroatoms. The van der Waals surface area contributed by atoms with Crippen LogP contribution < -0.4 is 24.8 Å². The molecular formula is C18H21ClN2O4. The smallest absolute Gasteiger partial charge is 0.315 e. The van der Waals surface area contributed by atoms with Crippen molar-refractivity contribution in [3.63, 3.8) is 0 Å². The van der Waals surface area contributed by atoms with Crippen LogP contribution in [0.25, 0.3) is 0 Å². The van der Waals surface area contributed by atoms with Gasteiger partial charge in [0.1, 0.15) is 12.4 Å². The normalized spacial score (nSPS) is 10.0. The molecule has 2 aromatic carbocycles. The topological polar surface area (TPSA) is 68.8 Å². The summed E-state index contributed by atoms with van der Waals surface area (Å²) in [6.45, 7) is 1.06. The second-order valence-electron chi connectivity index (χ2n) is 5.08. The number of carbonyl (C=O) groups is 1. The van der Waals surface area contributed by atoms with Gasteiger partial charge in [-0.1, -0.05) is 29.8 Å². The van der Waals surface area contributed by atoms with Crippen LogP contribution in [0, 0.1) is 0 Å². The highest BCUT2D eigenvalue weighted by molar-refractivity contribution is 6.32. The molecule has 25 heavy (non-hydrogen) atoms. The monoisotopic (exact) mass is 364 g/mol. The number of ether oxygens (including phenoxy) is 3. The lowest BCUT2D eigenvalue weighted by molar-refractivity contribution is 0.236. The van der Waals surface area contributed by atoms with E-state index in [2.05, 4.69) is 10.6 Å². The Kier molecular flexibility index (Phi) is 7.22. The summed E-state index contributed by atoms with van der Waals surface area (Å²) in [7, 11) is 3.15. The average molecular weight is 365 g/mol. The van der Waals surface area contributed by atoms with Crippen LogP contribution in [0.15, 0.2) is 42.5 Å². The molecule has 0 heterocycles. The van der Waals surface area contributed by atoms with Crippen LogP contribution >= 0.6 is 11.6 Å². The van der Waals surface area contributed by atoms with Crippen molar-refractivity contribution in [3.05, 3.63) is 53.1 Å². The number of rotatable bonds is 8. The number of nitrogens with one attached hydrogen (secondary N) is 2. The van der Waals surface area contributed by atoms with Crippen LogP contribution in [0.3, 0.4) is 0 Å². The van der Waals surface area contributed by atoms with Gasteiger partial charge < -0.3 is 24.8 Å². The van der Waals surface area contributed by atoms with Gasteiger partial charge in [-0.2, -0.15) is 0 Å². The molecule has 6 nitrogen and oxygen atoms in total. The first kappa shape index (κ1) is 18.7. The predicted octanol–water partition coefficient (Wildman–Crippen LogP) is 3.24. The standard InChI is InChI=1S/C18H21ClN2O4/c1-23-16-8-7-13(11-17(16)24-2)12-21-18(22)20-9-10-25-15-6-4-3-5-14(15)19/h3-8,11H,9-10,12H2,1-2H3,(H2,20,21,22). The molecule has 134 valence electrons. The van der Waals surface area contributed by atoms with Gasteiger partial charge in [0.2, 0.25) is 0 Å². The van der Waals surface area contributed by atoms with Gasteiger partial charge in [0.15, 0.2) is 11.5 Å². The predicted molar refractivity (Wildman–Crippen MR) is 96.7 cm³/mol. The van der Waals surface area contributed by atoms with E-state index in [1.54, 1.807) is 32.4 Å². The van der Waals surface area contributed by atoms with Crippen molar-refractivity contribution in [3.8, 4) is 17.2 Å². The number of methoxy groups -OCH3 is 2. The molecule has 2 N–H and O–H groups in total. The van der Waals surface area contributed by atoms with Crippen LogP contribution in [-0.4, -0.2) is 33.4 Å². The van der Waals surface area contributed by atoms with Crippen molar-refractivity contribution in [1.82, 2.24) is 10.6 Å². The molecule has 0 spiro atoms. The molecule has 2 rings (SSSR count). The van der Waals surface area contributed by atoms with Crippen molar-refractivity contribution in [2.24, 2.45) is 0 Å². The van der Waals surface area contributed by atoms with E-state index in [0.29, 0.717) is 42.0 Å². The number of carbonyl (C=O) groups excluding carboxylic acids is 1. The largest absolute Gasteiger partial charge is 0.493 e. The Bertz CT molecular complexity index is 709. The fourth-order valence-corrected chi connectivity index (χ4v) is 2.31. The van der Waals surface area contributed by atoms with E-state index >= 15 is 0 Å². The van der Waals surface area contributed by atoms with Crippen LogP contribution in [0.4, 0.5) is 4.79 Å². The van der Waals surface area contributed by atoms with Gasteiger partial charge in [0.05, 0.1) is 25.8 Å². The Morgan fingerprint density at radius 1 is 1.00 bits per heavy atom. The number of hydrogen-bond acceptors (Lipinski definition) is 4. The van der Waals surface area contributed by atoms with Gasteiger partial charge >= 0.3 is 6.03 Å². The zero-order valence-corrected chi connectivity index (χ0v) is 14.9. The summed E-state index contributed by atoms with van der Waals surface area (Å²) in [4.78, 5) is 11.8. The Balaban J connectivity index is 1.71. The molecule has 0 aromatic heterocycles. The lowest BCUT2D eigenvalue weighted by Gasteiger charge is -2.11. The van der Waals surface area contributed by atoms with Crippen molar-refractivity contribution in [2.75, 3.05) is 27.4 Å². The first-order chi connectivity index (χ1) is 12.1. The number of urea groups is 1. The molecular weight excluding hydrogens is 344 g/mol. The minimum Gasteiger partial charge on any atom is -0.493 e. The highest BCUT2D eigenvalue weighted by Gasteiger charge is 2.06. The first-order valence-corrected chi connectivity index (χ1v) is 8.11. The van der Waals surface area contributed by atoms with E-state index in [9.17, 15) is 4.79 Å². The van der Waals surface area contributed by atoms with Crippen LogP contribution in [0.5, 0.6) is 17.2 Å². The van der Waals surface area contributed by atoms with Gasteiger partial charge in [0, 0.05) is 6.54 Å². The maximum Gasteiger partial charge on any atom is 0.315 e. The number of halogens is 1. The fraction of sp³-hybridized carbons (Fsp3) is 0.278. The molecule has 0 atom stereocenters. The summed E-state index contributed by atoms with van der Waals surface area (Å²) < 4.78 is 15.9. The third-order valence-electron chi connectivity index (χ3n) is 3.38. The Morgan fingerprint density at radius 3 is 2.48 bits per heavy atom. The minimum atomic E-state index is -0.280. The first-order valence-electron chi connectivity index (χ1n) is 7.74. The molecule has 0 aliphatic rings. The molecule has 0 saturated carbocycles. The molecule has 0 saturated heterocycles. The molecule has 0 aliphatic carbocycles. The molecule has 0 fully saturated rings. The summed E-state index contributed by atoms with van der Waals surface area (Å²) in [5.41, 5.74) is 0.903. The van der Waals surface area contributed by atoms with Gasteiger partial charge in [-0.25, -0.2) is 4.79 Å². The number of hydrogen-bond donors (Lipinski definition) is 2. The maximum atomic E-state index is 11.8. The summed E-state index contributed by atoms with van der Waals surface area (Å²) in [6, 6.07) is 12.4. The number of para-hydroxylation sites is 1. The second-order valence-corrected chi connectivity index (χ2v) is 5.48. The Labute approximate surface area is 152 Å². The van der Waals surface area contributed by atoms with Crippen LogP contribution in [0.1, 0.15) is 5.56 Å². The fourth-order valence-electron chi connectivity index (χ4n) is 2.12. The SMILES string of the molecule is COc1ccc(CNC(=O)NCCOc2ccccc2Cl)cc1OC. The van der Waals surface area contributed by atoms with Gasteiger partial charge in [-0.05, 0) is 29.8 Å². The van der Waals surface area contributed by atoms with Gasteiger partial charge in [0.25, 0.3) is 0 Å². The summed E-state index contributed by atoms with van der Waals surface area (Å²) in [6.07, 6.45) is 0. The third-order valence-corrected chi connectivity index (χ3v) is 3.70. The quantitative estimate of drug-likeness (QED) is 0.705. The van der Waals surface area contributed by atoms with E-state index in [1.807, 2.05) is 24.3 Å². The molecule has 2 aromatic rings. The third kappa shape index (κ3) is 5.76. The number of benzene rings is 2. The van der Waals surface area contributed by atoms with E-state index in [0.717, 1.165) is 5.56 Å². The van der Waals surface area contributed by atoms with E-state index in [1.165, 1.54) is 0 Å². The van der Waals surface area contributed by atoms with E-state index in [-0.39, 0.29) is 6.03 Å². The van der Waals surface area contributed by atoms with Gasteiger partial charge in [-0.3, -0.25) is 0 Å². The van der Waals surface area contributed by atoms with Crippen molar-refractivity contribution in [2.45, 2.75) is 6.54 Å². The molecule has 0 radical (unpaired) electrons. The van der Waals surface area contributed by atoms with Crippen molar-refractivity contribution in [1.29, 1.82) is 0 Å². The molecule has 0 bridgehead atoms. The van der Waals surface area contributed by atoms with Crippen LogP contribution in [0.2, 0.25) is 5.02 Å². The minimum absolute atomic E-state index is 0.280. The molecule has 0 aliphatic heterocycles. The van der Waals surface area contributed by atoms with Crippen molar-refractivity contribution >= 4 is 17.6 Å². The highest BCUT2D eigenvalue weighted by Crippen LogP contribution is 2.27. The summed E-state index contributed by atoms with van der Waals surface area (Å²) in [5.74, 6) is 1.86. The second kappa shape index (κ2) is 9.64. The Hall–Kier alpha value is -2.60. The lowest BCUT2D eigenvalue weighted by Crippen LogP contribution is -2.37. The van der Waals surface area contributed by atoms with Crippen molar-refractivity contribution < 1.29 is 19.0 Å². The highest BCUT2D eigenvalue weighted by atomic mass is 35.5. The molecule has 2 amide bonds. The zero-order valence-electron chi connectivity index (χ0n) is 14.2. The van der Waals surface area contributed by atoms with Gasteiger partial charge in [-0.15, -0.1) is 0 Å². The number of amides is 2. The Morgan fingerprint density at radius 2 is 1.76 bits per heavy atom. The maximum absolute atomic E-state index is 11.8. The summed E-state index contributed by atoms with van der Waals surface area (Å²) in [5, 5.41) is 6.03. The molecule has 0 unspecified atom stereocenters. The average Bonchev–Trinajstić information content (AvgIpc) is 2.64. The van der Waals surface area contributed by atoms with Crippen LogP contribution in [-0.2, 0) is 6.54 Å². The summed E-state index contributed by atoms with van der Waals surface area (Å²) >= 11 is 5.99. The van der Waals surface area contributed by atoms with E-state index < -0.39 is 0 Å². The van der Waals surface area contributed by atoms with E-state index in [4.69, 9.17) is 25.8 Å². The zero-order chi connectivity index (χ0) is 18.1.